The average molecular weight is 147 g/mol. The Morgan fingerprint density at radius 2 is 1.91 bits per heavy atom. The summed E-state index contributed by atoms with van der Waals surface area (Å²) < 4.78 is 0. The molecule has 1 unspecified atom stereocenters. The average Bonchev–Trinajstić information content (AvgIpc) is 2.06. The lowest BCUT2D eigenvalue weighted by Crippen LogP contribution is -1.97. The summed E-state index contributed by atoms with van der Waals surface area (Å²) in [5.41, 5.74) is 1.40. The van der Waals surface area contributed by atoms with Gasteiger partial charge in [0.15, 0.2) is 0 Å². The third-order valence-electron chi connectivity index (χ3n) is 1.94. The molecule has 0 heteroatoms. The highest BCUT2D eigenvalue weighted by Crippen LogP contribution is 2.09. The quantitative estimate of drug-likeness (QED) is 0.616. The molecule has 0 saturated heterocycles. The predicted octanol–water partition coefficient (Wildman–Crippen LogP) is 3.09. The van der Waals surface area contributed by atoms with Crippen molar-refractivity contribution in [3.05, 3.63) is 42.8 Å². The van der Waals surface area contributed by atoms with E-state index in [1.54, 1.807) is 0 Å². The van der Waals surface area contributed by atoms with E-state index in [0.29, 0.717) is 5.92 Å². The van der Waals surface area contributed by atoms with Crippen LogP contribution in [0.2, 0.25) is 0 Å². The van der Waals surface area contributed by atoms with Crippen LogP contribution in [-0.4, -0.2) is 0 Å². The van der Waals surface area contributed by atoms with Crippen molar-refractivity contribution < 1.29 is 0 Å². The van der Waals surface area contributed by atoms with Crippen molar-refractivity contribution in [1.29, 1.82) is 0 Å². The lowest BCUT2D eigenvalue weighted by atomic mass is 9.99. The zero-order valence-corrected chi connectivity index (χ0v) is 7.09. The molecule has 0 spiro atoms. The summed E-state index contributed by atoms with van der Waals surface area (Å²) in [6.07, 6.45) is 2.27. The van der Waals surface area contributed by atoms with Crippen LogP contribution in [0.5, 0.6) is 0 Å². The van der Waals surface area contributed by atoms with Crippen molar-refractivity contribution in [2.24, 2.45) is 5.92 Å². The van der Waals surface area contributed by atoms with Gasteiger partial charge in [-0.2, -0.15) is 0 Å². The molecule has 0 saturated carbocycles. The Kier molecular flexibility index (Phi) is 3.15. The van der Waals surface area contributed by atoms with Crippen LogP contribution in [0.1, 0.15) is 18.9 Å². The SMILES string of the molecule is [CH2]C(CC)Cc1ccccc1. The molecule has 1 rings (SSSR count). The van der Waals surface area contributed by atoms with E-state index in [1.807, 2.05) is 6.07 Å². The fraction of sp³-hybridized carbons (Fsp3) is 0.364. The van der Waals surface area contributed by atoms with Gasteiger partial charge in [0.2, 0.25) is 0 Å². The minimum Gasteiger partial charge on any atom is -0.0651 e. The molecular formula is C11H15. The summed E-state index contributed by atoms with van der Waals surface area (Å²) in [6, 6.07) is 10.5. The molecular weight excluding hydrogens is 132 g/mol. The minimum atomic E-state index is 0.567. The molecule has 0 aliphatic rings. The van der Waals surface area contributed by atoms with Gasteiger partial charge in [0.1, 0.15) is 0 Å². The van der Waals surface area contributed by atoms with E-state index in [2.05, 4.69) is 38.1 Å². The minimum absolute atomic E-state index is 0.567. The first-order valence-corrected chi connectivity index (χ1v) is 4.20. The molecule has 1 aromatic rings. The molecule has 0 amide bonds. The third kappa shape index (κ3) is 2.75. The Hall–Kier alpha value is -0.780. The largest absolute Gasteiger partial charge is 0.0651 e. The number of rotatable bonds is 3. The topological polar surface area (TPSA) is 0 Å². The highest BCUT2D eigenvalue weighted by molar-refractivity contribution is 5.15. The van der Waals surface area contributed by atoms with Crippen molar-refractivity contribution in [1.82, 2.24) is 0 Å². The second kappa shape index (κ2) is 4.17. The molecule has 11 heavy (non-hydrogen) atoms. The number of hydrogen-bond donors (Lipinski definition) is 0. The maximum Gasteiger partial charge on any atom is -0.0250 e. The van der Waals surface area contributed by atoms with Gasteiger partial charge in [-0.1, -0.05) is 43.7 Å². The summed E-state index contributed by atoms with van der Waals surface area (Å²) in [7, 11) is 0. The van der Waals surface area contributed by atoms with E-state index in [9.17, 15) is 0 Å². The second-order valence-corrected chi connectivity index (χ2v) is 2.96. The lowest BCUT2D eigenvalue weighted by molar-refractivity contribution is 0.620. The van der Waals surface area contributed by atoms with E-state index in [0.717, 1.165) is 12.8 Å². The molecule has 59 valence electrons. The summed E-state index contributed by atoms with van der Waals surface area (Å²) in [6.45, 7) is 6.23. The van der Waals surface area contributed by atoms with Gasteiger partial charge in [-0.3, -0.25) is 0 Å². The smallest absolute Gasteiger partial charge is 0.0250 e. The zero-order chi connectivity index (χ0) is 8.10. The van der Waals surface area contributed by atoms with Crippen molar-refractivity contribution in [2.75, 3.05) is 0 Å². The van der Waals surface area contributed by atoms with Gasteiger partial charge in [-0.15, -0.1) is 0 Å². The highest BCUT2D eigenvalue weighted by atomic mass is 14.0. The van der Waals surface area contributed by atoms with E-state index < -0.39 is 0 Å². The van der Waals surface area contributed by atoms with Crippen LogP contribution in [-0.2, 0) is 6.42 Å². The van der Waals surface area contributed by atoms with Crippen LogP contribution in [0.25, 0.3) is 0 Å². The Balaban J connectivity index is 2.51. The van der Waals surface area contributed by atoms with Crippen molar-refractivity contribution in [2.45, 2.75) is 19.8 Å². The molecule has 0 aliphatic heterocycles. The van der Waals surface area contributed by atoms with Crippen LogP contribution in [0.15, 0.2) is 30.3 Å². The monoisotopic (exact) mass is 147 g/mol. The van der Waals surface area contributed by atoms with Crippen LogP contribution >= 0.6 is 0 Å². The first-order valence-electron chi connectivity index (χ1n) is 4.20. The fourth-order valence-electron chi connectivity index (χ4n) is 1.09. The van der Waals surface area contributed by atoms with Gasteiger partial charge in [-0.25, -0.2) is 0 Å². The van der Waals surface area contributed by atoms with E-state index in [1.165, 1.54) is 5.56 Å². The zero-order valence-electron chi connectivity index (χ0n) is 7.09. The lowest BCUT2D eigenvalue weighted by Gasteiger charge is -2.06. The van der Waals surface area contributed by atoms with Crippen molar-refractivity contribution in [3.63, 3.8) is 0 Å². The molecule has 0 aromatic heterocycles. The van der Waals surface area contributed by atoms with Crippen molar-refractivity contribution >= 4 is 0 Å². The Morgan fingerprint density at radius 3 is 2.45 bits per heavy atom. The van der Waals surface area contributed by atoms with Gasteiger partial charge in [-0.05, 0) is 24.8 Å². The second-order valence-electron chi connectivity index (χ2n) is 2.96. The molecule has 0 nitrogen and oxygen atoms in total. The normalized spacial score (nSPS) is 12.9. The predicted molar refractivity (Wildman–Crippen MR) is 49.3 cm³/mol. The van der Waals surface area contributed by atoms with Crippen molar-refractivity contribution in [3.8, 4) is 0 Å². The maximum atomic E-state index is 4.05. The van der Waals surface area contributed by atoms with Crippen LogP contribution in [0.4, 0.5) is 0 Å². The van der Waals surface area contributed by atoms with Gasteiger partial charge in [0, 0.05) is 0 Å². The fourth-order valence-corrected chi connectivity index (χ4v) is 1.09. The number of hydrogen-bond acceptors (Lipinski definition) is 0. The number of benzene rings is 1. The molecule has 1 aromatic carbocycles. The van der Waals surface area contributed by atoms with E-state index in [-0.39, 0.29) is 0 Å². The van der Waals surface area contributed by atoms with Crippen LogP contribution < -0.4 is 0 Å². The van der Waals surface area contributed by atoms with Gasteiger partial charge in [0.05, 0.1) is 0 Å². The summed E-state index contributed by atoms with van der Waals surface area (Å²) in [5.74, 6) is 0.567. The molecule has 0 bridgehead atoms. The first-order chi connectivity index (χ1) is 5.33. The molecule has 0 N–H and O–H groups in total. The highest BCUT2D eigenvalue weighted by Gasteiger charge is 1.98. The standard InChI is InChI=1S/C11H15/c1-3-10(2)9-11-7-5-4-6-8-11/h4-8,10H,2-3,9H2,1H3. The molecule has 1 atom stereocenters. The first kappa shape index (κ1) is 8.32. The van der Waals surface area contributed by atoms with Gasteiger partial charge < -0.3 is 0 Å². The summed E-state index contributed by atoms with van der Waals surface area (Å²) in [5, 5.41) is 0. The molecule has 0 heterocycles. The molecule has 0 fully saturated rings. The maximum absolute atomic E-state index is 4.05. The van der Waals surface area contributed by atoms with Crippen LogP contribution in [0, 0.1) is 12.8 Å². The molecule has 0 aliphatic carbocycles. The van der Waals surface area contributed by atoms with Gasteiger partial charge in [0.25, 0.3) is 0 Å². The third-order valence-corrected chi connectivity index (χ3v) is 1.94. The summed E-state index contributed by atoms with van der Waals surface area (Å²) in [4.78, 5) is 0. The van der Waals surface area contributed by atoms with E-state index >= 15 is 0 Å². The van der Waals surface area contributed by atoms with Crippen LogP contribution in [0.3, 0.4) is 0 Å². The summed E-state index contributed by atoms with van der Waals surface area (Å²) >= 11 is 0. The van der Waals surface area contributed by atoms with E-state index in [4.69, 9.17) is 0 Å². The molecule has 1 radical (unpaired) electrons. The Bertz CT molecular complexity index is 188. The Morgan fingerprint density at radius 1 is 1.27 bits per heavy atom. The Labute approximate surface area is 69.3 Å². The van der Waals surface area contributed by atoms with Gasteiger partial charge >= 0.3 is 0 Å².